The van der Waals surface area contributed by atoms with Crippen molar-refractivity contribution in [3.05, 3.63) is 58.6 Å². The fraction of sp³-hybridized carbons (Fsp3) is 0.176. The molecule has 0 amide bonds. The summed E-state index contributed by atoms with van der Waals surface area (Å²) in [5, 5.41) is 2.01. The van der Waals surface area contributed by atoms with Crippen molar-refractivity contribution < 1.29 is 4.42 Å². The first-order valence-electron chi connectivity index (χ1n) is 6.42. The molecule has 19 heavy (non-hydrogen) atoms. The maximum atomic E-state index is 6.41. The van der Waals surface area contributed by atoms with Gasteiger partial charge in [0.15, 0.2) is 0 Å². The Bertz CT molecular complexity index is 811. The molecule has 94 valence electrons. The molecule has 0 spiro atoms. The molecule has 1 aliphatic carbocycles. The summed E-state index contributed by atoms with van der Waals surface area (Å²) in [7, 11) is 0. The van der Waals surface area contributed by atoms with E-state index in [1.807, 2.05) is 24.3 Å². The van der Waals surface area contributed by atoms with Gasteiger partial charge in [-0.05, 0) is 17.7 Å². The van der Waals surface area contributed by atoms with Crippen molar-refractivity contribution >= 4 is 22.6 Å². The highest BCUT2D eigenvalue weighted by Crippen LogP contribution is 2.54. The van der Waals surface area contributed by atoms with Gasteiger partial charge in [-0.25, -0.2) is 0 Å². The molecular formula is C17H13ClO. The van der Waals surface area contributed by atoms with E-state index in [9.17, 15) is 0 Å². The van der Waals surface area contributed by atoms with E-state index in [2.05, 4.69) is 32.0 Å². The predicted molar refractivity (Wildman–Crippen MR) is 78.8 cm³/mol. The summed E-state index contributed by atoms with van der Waals surface area (Å²) in [5.74, 6) is 0.976. The fourth-order valence-corrected chi connectivity index (χ4v) is 3.74. The molecule has 0 aliphatic heterocycles. The van der Waals surface area contributed by atoms with E-state index >= 15 is 0 Å². The van der Waals surface area contributed by atoms with Gasteiger partial charge in [-0.3, -0.25) is 0 Å². The Balaban J connectivity index is 2.20. The average molecular weight is 269 g/mol. The second-order valence-corrected chi connectivity index (χ2v) is 6.00. The average Bonchev–Trinajstić information content (AvgIpc) is 2.86. The molecule has 3 aromatic rings. The molecule has 0 atom stereocenters. The van der Waals surface area contributed by atoms with Crippen LogP contribution < -0.4 is 0 Å². The zero-order valence-electron chi connectivity index (χ0n) is 10.8. The molecule has 0 N–H and O–H groups in total. The van der Waals surface area contributed by atoms with E-state index < -0.39 is 0 Å². The normalized spacial score (nSPS) is 15.5. The second-order valence-electron chi connectivity index (χ2n) is 5.59. The number of fused-ring (bicyclic) bond motifs is 5. The summed E-state index contributed by atoms with van der Waals surface area (Å²) in [6.07, 6.45) is 0. The standard InChI is InChI=1S/C17H13ClO/c1-17(2)14-11(7-5-8-12(14)18)16-15(17)10-6-3-4-9-13(10)19-16/h3-9H,1-2H3. The Morgan fingerprint density at radius 1 is 0.947 bits per heavy atom. The molecule has 1 nitrogen and oxygen atoms in total. The van der Waals surface area contributed by atoms with Crippen LogP contribution in [0.25, 0.3) is 22.3 Å². The minimum Gasteiger partial charge on any atom is -0.456 e. The molecule has 0 saturated carbocycles. The monoisotopic (exact) mass is 268 g/mol. The van der Waals surface area contributed by atoms with Crippen molar-refractivity contribution in [2.75, 3.05) is 0 Å². The number of hydrogen-bond donors (Lipinski definition) is 0. The summed E-state index contributed by atoms with van der Waals surface area (Å²) in [4.78, 5) is 0. The summed E-state index contributed by atoms with van der Waals surface area (Å²) in [6, 6.07) is 14.2. The highest BCUT2D eigenvalue weighted by atomic mass is 35.5. The van der Waals surface area contributed by atoms with Crippen LogP contribution in [0.5, 0.6) is 0 Å². The number of hydrogen-bond acceptors (Lipinski definition) is 1. The molecule has 1 aromatic heterocycles. The Labute approximate surface area is 116 Å². The molecule has 1 aliphatic rings. The summed E-state index contributed by atoms with van der Waals surface area (Å²) >= 11 is 6.41. The largest absolute Gasteiger partial charge is 0.456 e. The minimum absolute atomic E-state index is 0.115. The van der Waals surface area contributed by atoms with Gasteiger partial charge < -0.3 is 4.42 Å². The lowest BCUT2D eigenvalue weighted by Gasteiger charge is -2.21. The number of halogens is 1. The van der Waals surface area contributed by atoms with Gasteiger partial charge >= 0.3 is 0 Å². The van der Waals surface area contributed by atoms with Gasteiger partial charge in [0.1, 0.15) is 11.3 Å². The third kappa shape index (κ3) is 1.26. The van der Waals surface area contributed by atoms with Crippen molar-refractivity contribution in [1.29, 1.82) is 0 Å². The number of furan rings is 1. The Kier molecular flexibility index (Phi) is 2.01. The molecule has 4 rings (SSSR count). The van der Waals surface area contributed by atoms with Crippen LogP contribution in [-0.2, 0) is 5.41 Å². The van der Waals surface area contributed by atoms with E-state index in [0.717, 1.165) is 21.9 Å². The van der Waals surface area contributed by atoms with Gasteiger partial charge in [-0.1, -0.05) is 55.8 Å². The van der Waals surface area contributed by atoms with Crippen LogP contribution in [-0.4, -0.2) is 0 Å². The van der Waals surface area contributed by atoms with Gasteiger partial charge in [0.2, 0.25) is 0 Å². The van der Waals surface area contributed by atoms with Gasteiger partial charge in [-0.15, -0.1) is 0 Å². The molecular weight excluding hydrogens is 256 g/mol. The van der Waals surface area contributed by atoms with Gasteiger partial charge in [0.25, 0.3) is 0 Å². The van der Waals surface area contributed by atoms with Crippen LogP contribution in [0.15, 0.2) is 46.9 Å². The molecule has 0 fully saturated rings. The number of para-hydroxylation sites is 1. The molecule has 2 aromatic carbocycles. The Morgan fingerprint density at radius 2 is 1.74 bits per heavy atom. The maximum Gasteiger partial charge on any atom is 0.139 e. The lowest BCUT2D eigenvalue weighted by Crippen LogP contribution is -2.15. The molecule has 1 heterocycles. The topological polar surface area (TPSA) is 13.1 Å². The van der Waals surface area contributed by atoms with E-state index in [1.54, 1.807) is 0 Å². The zero-order chi connectivity index (χ0) is 13.2. The van der Waals surface area contributed by atoms with Crippen molar-refractivity contribution in [2.45, 2.75) is 19.3 Å². The van der Waals surface area contributed by atoms with E-state index in [0.29, 0.717) is 0 Å². The van der Waals surface area contributed by atoms with Crippen LogP contribution in [0.3, 0.4) is 0 Å². The van der Waals surface area contributed by atoms with Crippen molar-refractivity contribution in [2.24, 2.45) is 0 Å². The quantitative estimate of drug-likeness (QED) is 0.533. The van der Waals surface area contributed by atoms with Gasteiger partial charge in [0.05, 0.1) is 0 Å². The smallest absolute Gasteiger partial charge is 0.139 e. The first-order valence-corrected chi connectivity index (χ1v) is 6.80. The van der Waals surface area contributed by atoms with Gasteiger partial charge in [-0.2, -0.15) is 0 Å². The van der Waals surface area contributed by atoms with Crippen LogP contribution in [0.2, 0.25) is 5.02 Å². The SMILES string of the molecule is CC1(C)c2c(Cl)cccc2-c2oc3ccccc3c21. The summed E-state index contributed by atoms with van der Waals surface area (Å²) in [5.41, 5.74) is 4.40. The highest BCUT2D eigenvalue weighted by Gasteiger charge is 2.41. The third-order valence-corrected chi connectivity index (χ3v) is 4.42. The lowest BCUT2D eigenvalue weighted by atomic mass is 9.81. The van der Waals surface area contributed by atoms with Gasteiger partial charge in [0, 0.05) is 27.0 Å². The zero-order valence-corrected chi connectivity index (χ0v) is 11.6. The highest BCUT2D eigenvalue weighted by molar-refractivity contribution is 6.32. The fourth-order valence-electron chi connectivity index (χ4n) is 3.33. The summed E-state index contributed by atoms with van der Waals surface area (Å²) < 4.78 is 6.07. The van der Waals surface area contributed by atoms with E-state index in [1.165, 1.54) is 16.5 Å². The predicted octanol–water partition coefficient (Wildman–Crippen LogP) is 5.39. The van der Waals surface area contributed by atoms with Crippen LogP contribution in [0.4, 0.5) is 0 Å². The minimum atomic E-state index is -0.115. The van der Waals surface area contributed by atoms with Crippen LogP contribution >= 0.6 is 11.6 Å². The van der Waals surface area contributed by atoms with E-state index in [-0.39, 0.29) is 5.41 Å². The molecule has 0 bridgehead atoms. The van der Waals surface area contributed by atoms with Crippen molar-refractivity contribution in [3.63, 3.8) is 0 Å². The first-order chi connectivity index (χ1) is 9.10. The molecule has 0 saturated heterocycles. The van der Waals surface area contributed by atoms with Crippen LogP contribution in [0.1, 0.15) is 25.0 Å². The van der Waals surface area contributed by atoms with Crippen molar-refractivity contribution in [3.8, 4) is 11.3 Å². The lowest BCUT2D eigenvalue weighted by molar-refractivity contribution is 0.619. The second kappa shape index (κ2) is 3.43. The van der Waals surface area contributed by atoms with Crippen molar-refractivity contribution in [1.82, 2.24) is 0 Å². The Morgan fingerprint density at radius 3 is 2.58 bits per heavy atom. The summed E-state index contributed by atoms with van der Waals surface area (Å²) in [6.45, 7) is 4.43. The third-order valence-electron chi connectivity index (χ3n) is 4.10. The molecule has 0 unspecified atom stereocenters. The Hall–Kier alpha value is -1.73. The first kappa shape index (κ1) is 11.1. The molecule has 0 radical (unpaired) electrons. The van der Waals surface area contributed by atoms with Crippen LogP contribution in [0, 0.1) is 0 Å². The maximum absolute atomic E-state index is 6.41. The molecule has 2 heteroatoms. The number of benzene rings is 2. The number of rotatable bonds is 0. The van der Waals surface area contributed by atoms with E-state index in [4.69, 9.17) is 16.0 Å².